The Morgan fingerprint density at radius 2 is 1.33 bits per heavy atom. The van der Waals surface area contributed by atoms with Crippen LogP contribution in [0.3, 0.4) is 0 Å². The summed E-state index contributed by atoms with van der Waals surface area (Å²) in [6.45, 7) is 17.6. The van der Waals surface area contributed by atoms with Crippen LogP contribution in [0.1, 0.15) is 121 Å². The predicted octanol–water partition coefficient (Wildman–Crippen LogP) is 1.69. The number of ether oxygens (including phenoxy) is 8. The first kappa shape index (κ1) is 57.4. The van der Waals surface area contributed by atoms with Crippen molar-refractivity contribution in [1.29, 1.82) is 0 Å². The molecule has 7 rings (SSSR count). The Hall–Kier alpha value is -3.35. The fraction of sp³-hybridized carbons (Fsp3) is 0.865. The molecule has 5 aliphatic carbocycles. The molecule has 6 fully saturated rings. The Labute approximate surface area is 426 Å². The molecule has 2 aliphatic heterocycles. The van der Waals surface area contributed by atoms with E-state index in [1.165, 1.54) is 20.8 Å². The zero-order valence-electron chi connectivity index (χ0n) is 43.9. The van der Waals surface area contributed by atoms with Crippen LogP contribution in [0.25, 0.3) is 0 Å². The largest absolute Gasteiger partial charge is 0.479 e. The number of carbonyl (C=O) groups is 5. The molecule has 0 bridgehead atoms. The summed E-state index contributed by atoms with van der Waals surface area (Å²) in [6.07, 6.45) is -17.3. The summed E-state index contributed by atoms with van der Waals surface area (Å²) in [4.78, 5) is 66.5. The van der Waals surface area contributed by atoms with E-state index in [0.29, 0.717) is 32.1 Å². The number of carbonyl (C=O) groups excluding carboxylic acids is 4. The highest BCUT2D eigenvalue weighted by Gasteiger charge is 2.78. The van der Waals surface area contributed by atoms with Gasteiger partial charge in [0.2, 0.25) is 0 Å². The van der Waals surface area contributed by atoms with E-state index in [0.717, 1.165) is 5.57 Å². The highest BCUT2D eigenvalue weighted by atomic mass is 16.7. The molecule has 0 amide bonds. The Kier molecular flexibility index (Phi) is 16.1. The van der Waals surface area contributed by atoms with Gasteiger partial charge in [-0.05, 0) is 73.5 Å². The fourth-order valence-electron chi connectivity index (χ4n) is 15.3. The van der Waals surface area contributed by atoms with E-state index in [-0.39, 0.29) is 24.7 Å². The fourth-order valence-corrected chi connectivity index (χ4v) is 15.3. The molecular weight excluding hydrogens is 961 g/mol. The standard InChI is InChI=1S/C52H80O21/c1-12-23(2)44(65)73-41-39(67-24(3)55)47(6,7)19-28-27-13-14-31-48(8)17-16-32(70-46-36(62)37(35(61)38(72-46)43(63)64)71-45-34(60)33(59)29(58)20-66-45)49(9,21-53)30(48)15-18-50(31,10)51(27,11)40(68-25(4)56)42(69-26(5)57)52(28,41)22-54/h13,23,28-42,45-46,53-54,58-62H,12,14-22H2,1-11H3,(H,63,64)/t23?,28?,29?,30?,31?,32?,33?,34?,35?,36?,37?,38?,39-,40-,41-,42+,45?,46?,48-,49-,50+,51-,52+/m0/s1. The van der Waals surface area contributed by atoms with Gasteiger partial charge < -0.3 is 78.7 Å². The van der Waals surface area contributed by atoms with E-state index in [4.69, 9.17) is 37.9 Å². The van der Waals surface area contributed by atoms with Crippen molar-refractivity contribution in [1.82, 2.24) is 0 Å². The summed E-state index contributed by atoms with van der Waals surface area (Å²) in [5.41, 5.74) is -5.37. The molecule has 73 heavy (non-hydrogen) atoms. The van der Waals surface area contributed by atoms with Gasteiger partial charge in [-0.15, -0.1) is 0 Å². The summed E-state index contributed by atoms with van der Waals surface area (Å²) in [7, 11) is 0. The Balaban J connectivity index is 1.29. The number of hydrogen-bond donors (Lipinski definition) is 8. The Morgan fingerprint density at radius 3 is 1.90 bits per heavy atom. The quantitative estimate of drug-likeness (QED) is 0.0563. The van der Waals surface area contributed by atoms with E-state index >= 15 is 0 Å². The summed E-state index contributed by atoms with van der Waals surface area (Å²) in [6, 6.07) is 0. The molecule has 7 aliphatic rings. The molecule has 0 aromatic heterocycles. The van der Waals surface area contributed by atoms with Crippen LogP contribution < -0.4 is 0 Å². The lowest BCUT2D eigenvalue weighted by Crippen LogP contribution is -2.77. The monoisotopic (exact) mass is 1040 g/mol. The normalized spacial score (nSPS) is 47.4. The van der Waals surface area contributed by atoms with Crippen molar-refractivity contribution < 1.29 is 103 Å². The third-order valence-corrected chi connectivity index (χ3v) is 19.4. The van der Waals surface area contributed by atoms with Crippen LogP contribution in [0.2, 0.25) is 0 Å². The SMILES string of the molecule is CCC(C)C(=O)O[C@H]1[C@H](OC(C)=O)C(C)(C)CC2C3=CCC4[C@@]5(C)CCC(OC6OC(C(=O)O)C(O)C(OC7OCC(O)C(O)C7O)C6O)[C@@](C)(CO)C5CC[C@@]4(C)[C@]3(C)[C@@H](OC(C)=O)[C@@H](OC(C)=O)[C@]21CO. The van der Waals surface area contributed by atoms with Crippen LogP contribution in [-0.2, 0) is 61.9 Å². The van der Waals surface area contributed by atoms with E-state index in [2.05, 4.69) is 19.9 Å². The second-order valence-electron chi connectivity index (χ2n) is 23.9. The van der Waals surface area contributed by atoms with Gasteiger partial charge in [0, 0.05) is 37.0 Å². The smallest absolute Gasteiger partial charge is 0.335 e. The minimum Gasteiger partial charge on any atom is -0.479 e. The molecule has 0 spiro atoms. The second-order valence-corrected chi connectivity index (χ2v) is 23.9. The predicted molar refractivity (Wildman–Crippen MR) is 251 cm³/mol. The molecule has 2 saturated heterocycles. The van der Waals surface area contributed by atoms with Crippen molar-refractivity contribution in [2.24, 2.45) is 56.2 Å². The van der Waals surface area contributed by atoms with Gasteiger partial charge in [0.15, 0.2) is 30.9 Å². The van der Waals surface area contributed by atoms with Gasteiger partial charge in [0.05, 0.1) is 37.3 Å². The summed E-state index contributed by atoms with van der Waals surface area (Å²) < 4.78 is 48.7. The first-order valence-corrected chi connectivity index (χ1v) is 25.8. The number of aliphatic hydroxyl groups is 7. The van der Waals surface area contributed by atoms with Gasteiger partial charge in [-0.2, -0.15) is 0 Å². The Morgan fingerprint density at radius 1 is 0.726 bits per heavy atom. The average molecular weight is 1040 g/mol. The van der Waals surface area contributed by atoms with E-state index < -0.39 is 180 Å². The lowest BCUT2D eigenvalue weighted by atomic mass is 9.32. The Bertz CT molecular complexity index is 2130. The first-order chi connectivity index (χ1) is 34.0. The lowest BCUT2D eigenvalue weighted by Gasteiger charge is -2.73. The number of rotatable bonds is 13. The van der Waals surface area contributed by atoms with Crippen LogP contribution in [-0.4, -0.2) is 176 Å². The third-order valence-electron chi connectivity index (χ3n) is 19.4. The van der Waals surface area contributed by atoms with Gasteiger partial charge >= 0.3 is 29.8 Å². The molecule has 0 aromatic carbocycles. The van der Waals surface area contributed by atoms with Crippen molar-refractivity contribution in [2.45, 2.75) is 207 Å². The summed E-state index contributed by atoms with van der Waals surface area (Å²) >= 11 is 0. The molecule has 21 nitrogen and oxygen atoms in total. The number of carboxylic acids is 1. The maximum absolute atomic E-state index is 14.0. The number of fused-ring (bicyclic) bond motifs is 7. The van der Waals surface area contributed by atoms with Gasteiger partial charge in [-0.25, -0.2) is 4.79 Å². The third kappa shape index (κ3) is 9.14. The molecule has 8 N–H and O–H groups in total. The minimum absolute atomic E-state index is 0.224. The first-order valence-electron chi connectivity index (χ1n) is 25.8. The van der Waals surface area contributed by atoms with Crippen LogP contribution in [0.4, 0.5) is 0 Å². The summed E-state index contributed by atoms with van der Waals surface area (Å²) in [5.74, 6) is -6.13. The maximum Gasteiger partial charge on any atom is 0.335 e. The van der Waals surface area contributed by atoms with E-state index in [9.17, 15) is 64.8 Å². The molecule has 23 atom stereocenters. The van der Waals surface area contributed by atoms with Crippen molar-refractivity contribution >= 4 is 29.8 Å². The van der Waals surface area contributed by atoms with E-state index in [1.54, 1.807) is 6.92 Å². The molecule has 2 heterocycles. The zero-order chi connectivity index (χ0) is 54.3. The van der Waals surface area contributed by atoms with Crippen molar-refractivity contribution in [3.63, 3.8) is 0 Å². The molecule has 4 saturated carbocycles. The number of allylic oxidation sites excluding steroid dienone is 1. The topological polar surface area (TPSA) is 321 Å². The second kappa shape index (κ2) is 20.5. The number of aliphatic carboxylic acids is 1. The highest BCUT2D eigenvalue weighted by molar-refractivity contribution is 5.74. The van der Waals surface area contributed by atoms with Crippen molar-refractivity contribution in [2.75, 3.05) is 19.8 Å². The highest BCUT2D eigenvalue weighted by Crippen LogP contribution is 2.77. The maximum atomic E-state index is 14.0. The molecule has 21 heteroatoms. The van der Waals surface area contributed by atoms with E-state index in [1.807, 2.05) is 34.6 Å². The van der Waals surface area contributed by atoms with Crippen molar-refractivity contribution in [3.8, 4) is 0 Å². The van der Waals surface area contributed by atoms with Crippen LogP contribution >= 0.6 is 0 Å². The minimum atomic E-state index is -2.01. The molecule has 0 radical (unpaired) electrons. The average Bonchev–Trinajstić information content (AvgIpc) is 3.31. The van der Waals surface area contributed by atoms with Gasteiger partial charge in [-0.1, -0.05) is 67.0 Å². The number of hydrogen-bond acceptors (Lipinski definition) is 20. The van der Waals surface area contributed by atoms with Crippen LogP contribution in [0, 0.1) is 56.2 Å². The number of carboxylic acid groups (broad SMARTS) is 1. The number of esters is 4. The molecular formula is C52H80O21. The molecule has 14 unspecified atom stereocenters. The van der Waals surface area contributed by atoms with Gasteiger partial charge in [0.25, 0.3) is 0 Å². The van der Waals surface area contributed by atoms with Gasteiger partial charge in [-0.3, -0.25) is 19.2 Å². The molecule has 0 aromatic rings. The summed E-state index contributed by atoms with van der Waals surface area (Å²) in [5, 5.41) is 87.4. The van der Waals surface area contributed by atoms with Crippen LogP contribution in [0.5, 0.6) is 0 Å². The zero-order valence-corrected chi connectivity index (χ0v) is 43.9. The van der Waals surface area contributed by atoms with Gasteiger partial charge in [0.1, 0.15) is 48.8 Å². The van der Waals surface area contributed by atoms with Crippen molar-refractivity contribution in [3.05, 3.63) is 11.6 Å². The number of aliphatic hydroxyl groups excluding tert-OH is 7. The van der Waals surface area contributed by atoms with Crippen LogP contribution in [0.15, 0.2) is 11.6 Å². The molecule has 414 valence electrons. The lowest BCUT2D eigenvalue weighted by molar-refractivity contribution is -0.358.